The molecule has 0 radical (unpaired) electrons. The maximum absolute atomic E-state index is 11.5. The Balaban J connectivity index is 3.06. The third-order valence-electron chi connectivity index (χ3n) is 2.02. The molecule has 0 spiro atoms. The van der Waals surface area contributed by atoms with Crippen molar-refractivity contribution in [2.75, 3.05) is 13.7 Å². The summed E-state index contributed by atoms with van der Waals surface area (Å²) in [6.45, 7) is 4.65. The molecule has 1 aromatic rings. The number of hydrogen-bond acceptors (Lipinski definition) is 3. The number of halogens is 2. The topological polar surface area (TPSA) is 35.5 Å². The van der Waals surface area contributed by atoms with Gasteiger partial charge >= 0.3 is 5.97 Å². The van der Waals surface area contributed by atoms with Gasteiger partial charge in [0.05, 0.1) is 27.9 Å². The highest BCUT2D eigenvalue weighted by Crippen LogP contribution is 2.33. The van der Waals surface area contributed by atoms with Crippen LogP contribution in [0.2, 0.25) is 5.02 Å². The van der Waals surface area contributed by atoms with Gasteiger partial charge in [-0.1, -0.05) is 25.4 Å². The van der Waals surface area contributed by atoms with Crippen molar-refractivity contribution in [2.24, 2.45) is 5.92 Å². The van der Waals surface area contributed by atoms with E-state index in [9.17, 15) is 4.79 Å². The standard InChI is InChI=1S/C12H14ClIO3/c1-7(2)6-17-11-9(14)5-4-8(10(11)13)12(15)16-3/h4-5,7H,6H2,1-3H3. The third kappa shape index (κ3) is 3.74. The van der Waals surface area contributed by atoms with Gasteiger partial charge in [0.2, 0.25) is 0 Å². The molecular formula is C12H14ClIO3. The van der Waals surface area contributed by atoms with E-state index < -0.39 is 5.97 Å². The van der Waals surface area contributed by atoms with E-state index in [1.807, 2.05) is 13.8 Å². The van der Waals surface area contributed by atoms with E-state index in [0.29, 0.717) is 28.9 Å². The molecule has 0 bridgehead atoms. The van der Waals surface area contributed by atoms with Crippen LogP contribution in [0.3, 0.4) is 0 Å². The zero-order valence-electron chi connectivity index (χ0n) is 9.92. The van der Waals surface area contributed by atoms with Gasteiger partial charge in [-0.05, 0) is 40.6 Å². The normalized spacial score (nSPS) is 10.5. The van der Waals surface area contributed by atoms with E-state index in [1.165, 1.54) is 7.11 Å². The van der Waals surface area contributed by atoms with Crippen molar-refractivity contribution in [1.29, 1.82) is 0 Å². The van der Waals surface area contributed by atoms with Crippen molar-refractivity contribution in [3.05, 3.63) is 26.3 Å². The van der Waals surface area contributed by atoms with Crippen molar-refractivity contribution in [3.8, 4) is 5.75 Å². The van der Waals surface area contributed by atoms with Crippen molar-refractivity contribution in [2.45, 2.75) is 13.8 Å². The summed E-state index contributed by atoms with van der Waals surface area (Å²) in [6, 6.07) is 3.42. The summed E-state index contributed by atoms with van der Waals surface area (Å²) < 4.78 is 11.1. The van der Waals surface area contributed by atoms with Gasteiger partial charge in [0.25, 0.3) is 0 Å². The van der Waals surface area contributed by atoms with E-state index in [4.69, 9.17) is 16.3 Å². The van der Waals surface area contributed by atoms with Gasteiger partial charge in [0.15, 0.2) is 5.75 Å². The second-order valence-electron chi connectivity index (χ2n) is 3.93. The molecule has 0 saturated carbocycles. The molecule has 0 amide bonds. The first kappa shape index (κ1) is 14.6. The molecule has 3 nitrogen and oxygen atoms in total. The van der Waals surface area contributed by atoms with Gasteiger partial charge in [0.1, 0.15) is 0 Å². The van der Waals surface area contributed by atoms with Gasteiger partial charge in [0, 0.05) is 0 Å². The summed E-state index contributed by atoms with van der Waals surface area (Å²) in [5.74, 6) is 0.480. The summed E-state index contributed by atoms with van der Waals surface area (Å²) in [5.41, 5.74) is 0.327. The van der Waals surface area contributed by atoms with Crippen LogP contribution in [0.1, 0.15) is 24.2 Å². The zero-order chi connectivity index (χ0) is 13.0. The van der Waals surface area contributed by atoms with Crippen LogP contribution in [0.15, 0.2) is 12.1 Å². The number of ether oxygens (including phenoxy) is 2. The molecule has 0 atom stereocenters. The van der Waals surface area contributed by atoms with Gasteiger partial charge in [-0.25, -0.2) is 4.79 Å². The van der Waals surface area contributed by atoms with Gasteiger partial charge < -0.3 is 9.47 Å². The smallest absolute Gasteiger partial charge is 0.339 e. The molecule has 0 saturated heterocycles. The summed E-state index contributed by atoms with van der Waals surface area (Å²) in [4.78, 5) is 11.5. The highest BCUT2D eigenvalue weighted by atomic mass is 127. The Morgan fingerprint density at radius 3 is 2.65 bits per heavy atom. The second kappa shape index (κ2) is 6.44. The predicted molar refractivity (Wildman–Crippen MR) is 75.8 cm³/mol. The van der Waals surface area contributed by atoms with E-state index in [-0.39, 0.29) is 0 Å². The molecule has 94 valence electrons. The molecule has 0 N–H and O–H groups in total. The lowest BCUT2D eigenvalue weighted by Gasteiger charge is -2.13. The van der Waals surface area contributed by atoms with E-state index in [1.54, 1.807) is 12.1 Å². The maximum atomic E-state index is 11.5. The minimum absolute atomic E-state index is 0.310. The summed E-state index contributed by atoms with van der Waals surface area (Å²) >= 11 is 8.26. The Labute approximate surface area is 120 Å². The van der Waals surface area contributed by atoms with E-state index in [2.05, 4.69) is 27.3 Å². The monoisotopic (exact) mass is 368 g/mol. The highest BCUT2D eigenvalue weighted by Gasteiger charge is 2.17. The summed E-state index contributed by atoms with van der Waals surface area (Å²) in [5, 5.41) is 0.310. The van der Waals surface area contributed by atoms with E-state index in [0.717, 1.165) is 3.57 Å². The van der Waals surface area contributed by atoms with Crippen molar-refractivity contribution >= 4 is 40.2 Å². The lowest BCUT2D eigenvalue weighted by atomic mass is 10.2. The van der Waals surface area contributed by atoms with Crippen molar-refractivity contribution < 1.29 is 14.3 Å². The van der Waals surface area contributed by atoms with Gasteiger partial charge in [-0.2, -0.15) is 0 Å². The SMILES string of the molecule is COC(=O)c1ccc(I)c(OCC(C)C)c1Cl. The number of benzene rings is 1. The van der Waals surface area contributed by atoms with Crippen molar-refractivity contribution in [3.63, 3.8) is 0 Å². The second-order valence-corrected chi connectivity index (χ2v) is 5.47. The molecule has 0 unspecified atom stereocenters. The Bertz CT molecular complexity index is 418. The largest absolute Gasteiger partial charge is 0.491 e. The minimum Gasteiger partial charge on any atom is -0.491 e. The molecule has 0 fully saturated rings. The van der Waals surface area contributed by atoms with Crippen molar-refractivity contribution in [1.82, 2.24) is 0 Å². The molecule has 1 aromatic carbocycles. The molecule has 0 aliphatic rings. The van der Waals surface area contributed by atoms with Crippen LogP contribution in [-0.4, -0.2) is 19.7 Å². The predicted octanol–water partition coefficient (Wildman–Crippen LogP) is 3.77. The average Bonchev–Trinajstić information content (AvgIpc) is 2.27. The molecule has 0 heterocycles. The Hall–Kier alpha value is -0.490. The summed E-state index contributed by atoms with van der Waals surface area (Å²) in [6.07, 6.45) is 0. The minimum atomic E-state index is -0.458. The number of rotatable bonds is 4. The molecule has 1 rings (SSSR count). The number of carbonyl (C=O) groups excluding carboxylic acids is 1. The highest BCUT2D eigenvalue weighted by molar-refractivity contribution is 14.1. The first-order valence-corrected chi connectivity index (χ1v) is 6.62. The first-order chi connectivity index (χ1) is 7.97. The quantitative estimate of drug-likeness (QED) is 0.599. The van der Waals surface area contributed by atoms with Crippen LogP contribution in [0, 0.1) is 9.49 Å². The third-order valence-corrected chi connectivity index (χ3v) is 3.24. The van der Waals surface area contributed by atoms with Crippen LogP contribution >= 0.6 is 34.2 Å². The Morgan fingerprint density at radius 2 is 2.12 bits per heavy atom. The number of esters is 1. The average molecular weight is 369 g/mol. The van der Waals surface area contributed by atoms with Crippen LogP contribution in [-0.2, 0) is 4.74 Å². The van der Waals surface area contributed by atoms with E-state index >= 15 is 0 Å². The Kier molecular flexibility index (Phi) is 5.52. The fraction of sp³-hybridized carbons (Fsp3) is 0.417. The molecule has 5 heteroatoms. The zero-order valence-corrected chi connectivity index (χ0v) is 12.8. The number of hydrogen-bond donors (Lipinski definition) is 0. The molecule has 0 aromatic heterocycles. The van der Waals surface area contributed by atoms with Gasteiger partial charge in [-0.3, -0.25) is 0 Å². The number of carbonyl (C=O) groups is 1. The Morgan fingerprint density at radius 1 is 1.47 bits per heavy atom. The lowest BCUT2D eigenvalue weighted by Crippen LogP contribution is -2.08. The fourth-order valence-electron chi connectivity index (χ4n) is 1.18. The van der Waals surface area contributed by atoms with Crippen LogP contribution in [0.25, 0.3) is 0 Å². The molecule has 0 aliphatic heterocycles. The van der Waals surface area contributed by atoms with Crippen LogP contribution < -0.4 is 4.74 Å². The lowest BCUT2D eigenvalue weighted by molar-refractivity contribution is 0.0600. The van der Waals surface area contributed by atoms with Crippen LogP contribution in [0.4, 0.5) is 0 Å². The molecule has 17 heavy (non-hydrogen) atoms. The molecule has 0 aliphatic carbocycles. The first-order valence-electron chi connectivity index (χ1n) is 5.16. The van der Waals surface area contributed by atoms with Gasteiger partial charge in [-0.15, -0.1) is 0 Å². The number of methoxy groups -OCH3 is 1. The maximum Gasteiger partial charge on any atom is 0.339 e. The summed E-state index contributed by atoms with van der Waals surface area (Å²) in [7, 11) is 1.32. The molecular weight excluding hydrogens is 354 g/mol. The van der Waals surface area contributed by atoms with Crippen LogP contribution in [0.5, 0.6) is 5.75 Å². The fourth-order valence-corrected chi connectivity index (χ4v) is 2.24.